The van der Waals surface area contributed by atoms with Gasteiger partial charge in [0.1, 0.15) is 0 Å². The van der Waals surface area contributed by atoms with Crippen LogP contribution < -0.4 is 0 Å². The Hall–Kier alpha value is -1.00. The fourth-order valence-electron chi connectivity index (χ4n) is 1.84. The molecule has 102 valence electrons. The van der Waals surface area contributed by atoms with E-state index in [1.54, 1.807) is 7.11 Å². The summed E-state index contributed by atoms with van der Waals surface area (Å²) in [5.41, 5.74) is 2.41. The third kappa shape index (κ3) is 4.03. The van der Waals surface area contributed by atoms with Gasteiger partial charge in [-0.25, -0.2) is 0 Å². The van der Waals surface area contributed by atoms with Gasteiger partial charge in [0.2, 0.25) is 0 Å². The summed E-state index contributed by atoms with van der Waals surface area (Å²) >= 11 is 0. The lowest BCUT2D eigenvalue weighted by atomic mass is 9.95. The number of aromatic nitrogens is 2. The first kappa shape index (κ1) is 15.1. The van der Waals surface area contributed by atoms with Crippen LogP contribution in [0.2, 0.25) is 0 Å². The number of ether oxygens (including phenoxy) is 1. The largest absolute Gasteiger partial charge is 0.388 e. The molecule has 4 nitrogen and oxygen atoms in total. The molecule has 0 bridgehead atoms. The van der Waals surface area contributed by atoms with E-state index in [9.17, 15) is 5.11 Å². The van der Waals surface area contributed by atoms with Crippen LogP contribution in [0.4, 0.5) is 0 Å². The second kappa shape index (κ2) is 6.25. The maximum Gasteiger partial charge on any atom is 0.0810 e. The zero-order chi connectivity index (χ0) is 13.8. The van der Waals surface area contributed by atoms with Gasteiger partial charge in [0.05, 0.1) is 23.1 Å². The quantitative estimate of drug-likeness (QED) is 0.845. The Morgan fingerprint density at radius 3 is 2.61 bits per heavy atom. The summed E-state index contributed by atoms with van der Waals surface area (Å²) in [6, 6.07) is 1.93. The van der Waals surface area contributed by atoms with Gasteiger partial charge in [-0.1, -0.05) is 6.92 Å². The maximum absolute atomic E-state index is 10.3. The van der Waals surface area contributed by atoms with Crippen molar-refractivity contribution in [2.75, 3.05) is 7.11 Å². The van der Waals surface area contributed by atoms with E-state index in [1.165, 1.54) is 0 Å². The molecule has 0 fully saturated rings. The minimum absolute atomic E-state index is 0.205. The third-order valence-corrected chi connectivity index (χ3v) is 3.29. The smallest absolute Gasteiger partial charge is 0.0810 e. The molecule has 0 spiro atoms. The average molecular weight is 252 g/mol. The molecule has 1 N–H and O–H groups in total. The third-order valence-electron chi connectivity index (χ3n) is 3.29. The Kier molecular flexibility index (Phi) is 5.23. The zero-order valence-electron chi connectivity index (χ0n) is 12.0. The van der Waals surface area contributed by atoms with Gasteiger partial charge >= 0.3 is 0 Å². The summed E-state index contributed by atoms with van der Waals surface area (Å²) in [5.74, 6) is 0. The van der Waals surface area contributed by atoms with Gasteiger partial charge in [-0.3, -0.25) is 0 Å². The van der Waals surface area contributed by atoms with Crippen molar-refractivity contribution >= 4 is 0 Å². The number of nitrogens with zero attached hydrogens (tertiary/aromatic N) is 2. The highest BCUT2D eigenvalue weighted by Gasteiger charge is 2.20. The van der Waals surface area contributed by atoms with E-state index in [2.05, 4.69) is 10.2 Å². The maximum atomic E-state index is 10.3. The van der Waals surface area contributed by atoms with Gasteiger partial charge in [-0.05, 0) is 46.1 Å². The molecule has 1 atom stereocenters. The summed E-state index contributed by atoms with van der Waals surface area (Å²) in [4.78, 5) is 0. The molecule has 1 rings (SSSR count). The van der Waals surface area contributed by atoms with Crippen LogP contribution in [0.1, 0.15) is 56.7 Å². The topological polar surface area (TPSA) is 55.2 Å². The van der Waals surface area contributed by atoms with Crippen molar-refractivity contribution in [3.05, 3.63) is 23.0 Å². The average Bonchev–Trinajstić information content (AvgIpc) is 2.36. The molecule has 1 unspecified atom stereocenters. The molecule has 0 aliphatic heterocycles. The fraction of sp³-hybridized carbons (Fsp3) is 0.714. The van der Waals surface area contributed by atoms with Crippen LogP contribution in [0.15, 0.2) is 6.07 Å². The van der Waals surface area contributed by atoms with Crippen molar-refractivity contribution in [1.82, 2.24) is 10.2 Å². The van der Waals surface area contributed by atoms with Crippen LogP contribution in [-0.2, 0) is 11.2 Å². The number of hydrogen-bond donors (Lipinski definition) is 1. The molecule has 0 radical (unpaired) electrons. The Morgan fingerprint density at radius 1 is 1.39 bits per heavy atom. The van der Waals surface area contributed by atoms with Gasteiger partial charge in [0.25, 0.3) is 0 Å². The lowest BCUT2D eigenvalue weighted by Gasteiger charge is -2.24. The molecule has 0 saturated carbocycles. The van der Waals surface area contributed by atoms with E-state index in [4.69, 9.17) is 4.74 Å². The first-order valence-corrected chi connectivity index (χ1v) is 6.46. The minimum Gasteiger partial charge on any atom is -0.388 e. The summed E-state index contributed by atoms with van der Waals surface area (Å²) in [6.45, 7) is 7.96. The Bertz CT molecular complexity index is 391. The minimum atomic E-state index is -0.497. The van der Waals surface area contributed by atoms with Crippen LogP contribution in [-0.4, -0.2) is 28.0 Å². The van der Waals surface area contributed by atoms with Gasteiger partial charge in [0, 0.05) is 12.7 Å². The number of aryl methyl sites for hydroxylation is 2. The highest BCUT2D eigenvalue weighted by atomic mass is 16.5. The van der Waals surface area contributed by atoms with E-state index in [1.807, 2.05) is 33.8 Å². The first-order chi connectivity index (χ1) is 8.39. The van der Waals surface area contributed by atoms with Crippen molar-refractivity contribution in [1.29, 1.82) is 0 Å². The van der Waals surface area contributed by atoms with Crippen molar-refractivity contribution in [2.24, 2.45) is 0 Å². The van der Waals surface area contributed by atoms with Crippen molar-refractivity contribution in [2.45, 2.75) is 58.7 Å². The molecule has 4 heteroatoms. The Morgan fingerprint density at radius 2 is 2.06 bits per heavy atom. The molecule has 1 aromatic rings. The highest BCUT2D eigenvalue weighted by Crippen LogP contribution is 2.26. The highest BCUT2D eigenvalue weighted by molar-refractivity contribution is 5.23. The molecule has 18 heavy (non-hydrogen) atoms. The fourth-order valence-corrected chi connectivity index (χ4v) is 1.84. The van der Waals surface area contributed by atoms with Crippen LogP contribution in [0, 0.1) is 6.92 Å². The first-order valence-electron chi connectivity index (χ1n) is 6.46. The second-order valence-electron chi connectivity index (χ2n) is 5.26. The van der Waals surface area contributed by atoms with E-state index >= 15 is 0 Å². The molecule has 1 heterocycles. The van der Waals surface area contributed by atoms with Gasteiger partial charge < -0.3 is 9.84 Å². The predicted octanol–water partition coefficient (Wildman–Crippen LogP) is 2.59. The molecular formula is C14H24N2O2. The van der Waals surface area contributed by atoms with E-state index < -0.39 is 6.10 Å². The standard InChI is InChI=1S/C14H24N2O2/c1-6-12-11(9-10(2)15-16-12)13(17)7-8-14(3,4)18-5/h9,13,17H,6-8H2,1-5H3. The van der Waals surface area contributed by atoms with Crippen LogP contribution in [0.3, 0.4) is 0 Å². The summed E-state index contributed by atoms with van der Waals surface area (Å²) in [5, 5.41) is 18.5. The zero-order valence-corrected chi connectivity index (χ0v) is 12.0. The van der Waals surface area contributed by atoms with Crippen molar-refractivity contribution in [3.8, 4) is 0 Å². The van der Waals surface area contributed by atoms with Gasteiger partial charge in [-0.2, -0.15) is 10.2 Å². The normalized spacial score (nSPS) is 13.7. The lowest BCUT2D eigenvalue weighted by Crippen LogP contribution is -2.23. The SMILES string of the molecule is CCc1nnc(C)cc1C(O)CCC(C)(C)OC. The molecule has 0 saturated heterocycles. The van der Waals surface area contributed by atoms with Crippen LogP contribution in [0.5, 0.6) is 0 Å². The molecule has 1 aromatic heterocycles. The second-order valence-corrected chi connectivity index (χ2v) is 5.26. The van der Waals surface area contributed by atoms with Crippen LogP contribution in [0.25, 0.3) is 0 Å². The lowest BCUT2D eigenvalue weighted by molar-refractivity contribution is 0.00266. The number of methoxy groups -OCH3 is 1. The summed E-state index contributed by atoms with van der Waals surface area (Å²) in [7, 11) is 1.70. The molecular weight excluding hydrogens is 228 g/mol. The summed E-state index contributed by atoms with van der Waals surface area (Å²) < 4.78 is 5.37. The monoisotopic (exact) mass is 252 g/mol. The molecule has 0 aliphatic carbocycles. The Balaban J connectivity index is 2.77. The number of rotatable bonds is 6. The van der Waals surface area contributed by atoms with Crippen molar-refractivity contribution in [3.63, 3.8) is 0 Å². The van der Waals surface area contributed by atoms with E-state index in [0.717, 1.165) is 29.8 Å². The van der Waals surface area contributed by atoms with Gasteiger partial charge in [0.15, 0.2) is 0 Å². The van der Waals surface area contributed by atoms with E-state index in [0.29, 0.717) is 6.42 Å². The van der Waals surface area contributed by atoms with Crippen molar-refractivity contribution < 1.29 is 9.84 Å². The van der Waals surface area contributed by atoms with Gasteiger partial charge in [-0.15, -0.1) is 0 Å². The number of aliphatic hydroxyl groups is 1. The number of aliphatic hydroxyl groups excluding tert-OH is 1. The molecule has 0 aliphatic rings. The molecule has 0 aromatic carbocycles. The number of hydrogen-bond acceptors (Lipinski definition) is 4. The molecule has 0 amide bonds. The van der Waals surface area contributed by atoms with Crippen LogP contribution >= 0.6 is 0 Å². The van der Waals surface area contributed by atoms with E-state index in [-0.39, 0.29) is 5.60 Å². The summed E-state index contributed by atoms with van der Waals surface area (Å²) in [6.07, 6.45) is 1.75. The Labute approximate surface area is 109 Å². The predicted molar refractivity (Wildman–Crippen MR) is 71.4 cm³/mol.